The zero-order valence-corrected chi connectivity index (χ0v) is 10.7. The monoisotopic (exact) mass is 210 g/mol. The first-order valence-corrected chi connectivity index (χ1v) is 6.53. The predicted octanol–water partition coefficient (Wildman–Crippen LogP) is 2.10. The largest absolute Gasteiger partial charge is 0.309 e. The summed E-state index contributed by atoms with van der Waals surface area (Å²) in [7, 11) is 0. The number of hydrogen-bond donors (Lipinski definition) is 1. The summed E-state index contributed by atoms with van der Waals surface area (Å²) in [5, 5.41) is 3.69. The Kier molecular flexibility index (Phi) is 3.09. The molecule has 1 aliphatic carbocycles. The third-order valence-electron chi connectivity index (χ3n) is 4.53. The fourth-order valence-corrected chi connectivity index (χ4v) is 2.62. The molecule has 0 aromatic rings. The van der Waals surface area contributed by atoms with Crippen molar-refractivity contribution in [1.82, 2.24) is 10.2 Å². The van der Waals surface area contributed by atoms with E-state index in [0.717, 1.165) is 24.4 Å². The topological polar surface area (TPSA) is 15.3 Å². The summed E-state index contributed by atoms with van der Waals surface area (Å²) in [5.74, 6) is 1.98. The lowest BCUT2D eigenvalue weighted by Gasteiger charge is -2.45. The normalized spacial score (nSPS) is 46.8. The molecule has 0 aromatic carbocycles. The van der Waals surface area contributed by atoms with Crippen molar-refractivity contribution in [3.8, 4) is 0 Å². The molecule has 0 radical (unpaired) electrons. The van der Waals surface area contributed by atoms with Gasteiger partial charge in [-0.15, -0.1) is 0 Å². The van der Waals surface area contributed by atoms with E-state index in [1.165, 1.54) is 25.9 Å². The first-order chi connectivity index (χ1) is 7.04. The van der Waals surface area contributed by atoms with E-state index in [0.29, 0.717) is 5.54 Å². The average Bonchev–Trinajstić information content (AvgIpc) is 2.89. The van der Waals surface area contributed by atoms with Gasteiger partial charge in [0.15, 0.2) is 0 Å². The second-order valence-corrected chi connectivity index (χ2v) is 6.05. The van der Waals surface area contributed by atoms with Crippen LogP contribution in [0.5, 0.6) is 0 Å². The minimum absolute atomic E-state index is 0.352. The summed E-state index contributed by atoms with van der Waals surface area (Å²) in [6.07, 6.45) is 2.69. The third kappa shape index (κ3) is 2.54. The molecule has 4 unspecified atom stereocenters. The second kappa shape index (κ2) is 4.06. The maximum Gasteiger partial charge on any atom is 0.0278 e. The Balaban J connectivity index is 1.90. The van der Waals surface area contributed by atoms with Crippen molar-refractivity contribution in [3.05, 3.63) is 0 Å². The van der Waals surface area contributed by atoms with Crippen molar-refractivity contribution in [2.75, 3.05) is 19.6 Å². The molecule has 2 nitrogen and oxygen atoms in total. The average molecular weight is 210 g/mol. The van der Waals surface area contributed by atoms with E-state index in [-0.39, 0.29) is 0 Å². The highest BCUT2D eigenvalue weighted by Crippen LogP contribution is 2.39. The lowest BCUT2D eigenvalue weighted by molar-refractivity contribution is 0.0876. The van der Waals surface area contributed by atoms with Gasteiger partial charge in [0.1, 0.15) is 0 Å². The minimum Gasteiger partial charge on any atom is -0.309 e. The third-order valence-corrected chi connectivity index (χ3v) is 4.53. The molecule has 15 heavy (non-hydrogen) atoms. The molecule has 2 fully saturated rings. The molecule has 1 N–H and O–H groups in total. The van der Waals surface area contributed by atoms with Gasteiger partial charge in [0.2, 0.25) is 0 Å². The van der Waals surface area contributed by atoms with E-state index in [1.807, 2.05) is 0 Å². The van der Waals surface area contributed by atoms with E-state index >= 15 is 0 Å². The standard InChI is InChI=1S/C13H26N2/c1-5-13(4)9-15(11(3)7-14-13)8-12-6-10(12)2/h10-12,14H,5-9H2,1-4H3. The maximum atomic E-state index is 3.69. The lowest BCUT2D eigenvalue weighted by Crippen LogP contribution is -2.62. The summed E-state index contributed by atoms with van der Waals surface area (Å²) >= 11 is 0. The Bertz CT molecular complexity index is 229. The van der Waals surface area contributed by atoms with Crippen LogP contribution in [0.25, 0.3) is 0 Å². The molecule has 0 amide bonds. The van der Waals surface area contributed by atoms with Crippen molar-refractivity contribution in [2.45, 2.75) is 52.1 Å². The highest BCUT2D eigenvalue weighted by atomic mass is 15.2. The molecule has 2 aliphatic rings. The minimum atomic E-state index is 0.352. The van der Waals surface area contributed by atoms with Gasteiger partial charge < -0.3 is 5.32 Å². The molecule has 0 bridgehead atoms. The van der Waals surface area contributed by atoms with Gasteiger partial charge in [-0.3, -0.25) is 4.90 Å². The van der Waals surface area contributed by atoms with Gasteiger partial charge in [-0.2, -0.15) is 0 Å². The summed E-state index contributed by atoms with van der Waals surface area (Å²) in [6.45, 7) is 13.1. The molecule has 1 heterocycles. The Labute approximate surface area is 94.4 Å². The van der Waals surface area contributed by atoms with E-state index in [9.17, 15) is 0 Å². The molecule has 4 atom stereocenters. The summed E-state index contributed by atoms with van der Waals surface area (Å²) in [6, 6.07) is 0.720. The number of hydrogen-bond acceptors (Lipinski definition) is 2. The first-order valence-electron chi connectivity index (χ1n) is 6.53. The molecular formula is C13H26N2. The van der Waals surface area contributed by atoms with Gasteiger partial charge in [-0.05, 0) is 38.5 Å². The van der Waals surface area contributed by atoms with Crippen molar-refractivity contribution < 1.29 is 0 Å². The number of nitrogens with zero attached hydrogens (tertiary/aromatic N) is 1. The van der Waals surface area contributed by atoms with Crippen LogP contribution in [0.2, 0.25) is 0 Å². The smallest absolute Gasteiger partial charge is 0.0278 e. The van der Waals surface area contributed by atoms with Crippen LogP contribution in [0.3, 0.4) is 0 Å². The molecule has 2 heteroatoms. The van der Waals surface area contributed by atoms with Crippen LogP contribution < -0.4 is 5.32 Å². The second-order valence-electron chi connectivity index (χ2n) is 6.05. The molecule has 0 spiro atoms. The van der Waals surface area contributed by atoms with E-state index in [4.69, 9.17) is 0 Å². The van der Waals surface area contributed by atoms with E-state index in [1.54, 1.807) is 0 Å². The van der Waals surface area contributed by atoms with Gasteiger partial charge in [0.25, 0.3) is 0 Å². The molecular weight excluding hydrogens is 184 g/mol. The van der Waals surface area contributed by atoms with Crippen LogP contribution in [0, 0.1) is 11.8 Å². The number of piperazine rings is 1. The fourth-order valence-electron chi connectivity index (χ4n) is 2.62. The Morgan fingerprint density at radius 3 is 2.60 bits per heavy atom. The first kappa shape index (κ1) is 11.4. The van der Waals surface area contributed by atoms with Crippen LogP contribution in [-0.2, 0) is 0 Å². The quantitative estimate of drug-likeness (QED) is 0.767. The van der Waals surface area contributed by atoms with Crippen LogP contribution in [-0.4, -0.2) is 36.1 Å². The number of rotatable bonds is 3. The Morgan fingerprint density at radius 2 is 2.07 bits per heavy atom. The van der Waals surface area contributed by atoms with Gasteiger partial charge in [-0.1, -0.05) is 13.8 Å². The fraction of sp³-hybridized carbons (Fsp3) is 1.00. The van der Waals surface area contributed by atoms with Gasteiger partial charge in [0, 0.05) is 31.2 Å². The molecule has 1 saturated carbocycles. The highest BCUT2D eigenvalue weighted by molar-refractivity contribution is 4.95. The van der Waals surface area contributed by atoms with Crippen LogP contribution >= 0.6 is 0 Å². The lowest BCUT2D eigenvalue weighted by atomic mass is 9.93. The van der Waals surface area contributed by atoms with E-state index < -0.39 is 0 Å². The summed E-state index contributed by atoms with van der Waals surface area (Å²) < 4.78 is 0. The molecule has 1 saturated heterocycles. The molecule has 2 rings (SSSR count). The van der Waals surface area contributed by atoms with Crippen molar-refractivity contribution >= 4 is 0 Å². The van der Waals surface area contributed by atoms with Crippen molar-refractivity contribution in [3.63, 3.8) is 0 Å². The Morgan fingerprint density at radius 1 is 1.40 bits per heavy atom. The zero-order valence-electron chi connectivity index (χ0n) is 10.7. The molecule has 0 aromatic heterocycles. The van der Waals surface area contributed by atoms with Gasteiger partial charge >= 0.3 is 0 Å². The maximum absolute atomic E-state index is 3.69. The number of nitrogens with one attached hydrogen (secondary N) is 1. The zero-order chi connectivity index (χ0) is 11.1. The highest BCUT2D eigenvalue weighted by Gasteiger charge is 2.38. The van der Waals surface area contributed by atoms with E-state index in [2.05, 4.69) is 37.9 Å². The van der Waals surface area contributed by atoms with Crippen LogP contribution in [0.15, 0.2) is 0 Å². The summed E-state index contributed by atoms with van der Waals surface area (Å²) in [5.41, 5.74) is 0.352. The van der Waals surface area contributed by atoms with Gasteiger partial charge in [0.05, 0.1) is 0 Å². The molecule has 1 aliphatic heterocycles. The van der Waals surface area contributed by atoms with Crippen molar-refractivity contribution in [1.29, 1.82) is 0 Å². The van der Waals surface area contributed by atoms with Crippen molar-refractivity contribution in [2.24, 2.45) is 11.8 Å². The molecule has 88 valence electrons. The van der Waals surface area contributed by atoms with Gasteiger partial charge in [-0.25, -0.2) is 0 Å². The van der Waals surface area contributed by atoms with Crippen LogP contribution in [0.4, 0.5) is 0 Å². The Hall–Kier alpha value is -0.0800. The summed E-state index contributed by atoms with van der Waals surface area (Å²) in [4.78, 5) is 2.70. The SMILES string of the molecule is CCC1(C)CN(CC2CC2C)C(C)CN1. The predicted molar refractivity (Wildman–Crippen MR) is 65.0 cm³/mol. The van der Waals surface area contributed by atoms with Crippen LogP contribution in [0.1, 0.15) is 40.5 Å².